The maximum atomic E-state index is 13.9. The number of imide groups is 1. The van der Waals surface area contributed by atoms with Crippen LogP contribution in [0.3, 0.4) is 0 Å². The second-order valence-electron chi connectivity index (χ2n) is 10.00. The monoisotopic (exact) mass is 481 g/mol. The maximum absolute atomic E-state index is 13.9. The van der Waals surface area contributed by atoms with Crippen molar-refractivity contribution in [3.63, 3.8) is 0 Å². The minimum atomic E-state index is -1.30. The van der Waals surface area contributed by atoms with E-state index in [-0.39, 0.29) is 30.0 Å². The number of amides is 3. The molecular formula is C29H27N3O4. The predicted molar refractivity (Wildman–Crippen MR) is 134 cm³/mol. The van der Waals surface area contributed by atoms with Gasteiger partial charge in [0.05, 0.1) is 11.8 Å². The van der Waals surface area contributed by atoms with E-state index in [1.165, 1.54) is 4.90 Å². The minimum Gasteiger partial charge on any atom is -0.508 e. The number of carbonyl (C=O) groups excluding carboxylic acids is 3. The topological polar surface area (TPSA) is 98.7 Å². The molecule has 3 aliphatic rings. The third-order valence-corrected chi connectivity index (χ3v) is 7.82. The molecule has 0 aliphatic carbocycles. The first kappa shape index (κ1) is 22.5. The zero-order chi connectivity index (χ0) is 25.0. The van der Waals surface area contributed by atoms with E-state index in [0.717, 1.165) is 22.3 Å². The fourth-order valence-corrected chi connectivity index (χ4v) is 6.14. The Balaban J connectivity index is 1.40. The van der Waals surface area contributed by atoms with Crippen LogP contribution in [0.1, 0.15) is 22.3 Å². The van der Waals surface area contributed by atoms with Crippen LogP contribution in [0.15, 0.2) is 72.8 Å². The second-order valence-corrected chi connectivity index (χ2v) is 10.00. The van der Waals surface area contributed by atoms with Crippen molar-refractivity contribution in [2.45, 2.75) is 31.3 Å². The quantitative estimate of drug-likeness (QED) is 0.487. The third-order valence-electron chi connectivity index (χ3n) is 7.82. The number of likely N-dealkylation sites (tertiary alicyclic amines) is 1. The molecule has 2 saturated heterocycles. The number of hydrogen-bond donors (Lipinski definition) is 3. The summed E-state index contributed by atoms with van der Waals surface area (Å²) in [6, 6.07) is 21.9. The van der Waals surface area contributed by atoms with Gasteiger partial charge in [-0.2, -0.15) is 0 Å². The standard InChI is InChI=1S/C29H27N3O4/c1-17-7-12-22-21(15-17)29(28(36)30-22)25-24(23(31-29)16-19-8-10-20(33)11-9-19)26(34)32(27(25)35)14-13-18-5-3-2-4-6-18/h2-12,15,23-25,31,33H,13-14,16H2,1H3,(H,30,36)/t23-,24-,25-,29+/m1/s1. The Bertz CT molecular complexity index is 1370. The van der Waals surface area contributed by atoms with Gasteiger partial charge in [0.2, 0.25) is 17.7 Å². The van der Waals surface area contributed by atoms with E-state index in [0.29, 0.717) is 18.5 Å². The molecular weight excluding hydrogens is 454 g/mol. The number of aryl methyl sites for hydroxylation is 1. The summed E-state index contributed by atoms with van der Waals surface area (Å²) >= 11 is 0. The van der Waals surface area contributed by atoms with Gasteiger partial charge < -0.3 is 10.4 Å². The summed E-state index contributed by atoms with van der Waals surface area (Å²) in [5.74, 6) is -2.16. The first-order valence-corrected chi connectivity index (χ1v) is 12.3. The number of carbonyl (C=O) groups is 3. The summed E-state index contributed by atoms with van der Waals surface area (Å²) in [6.45, 7) is 2.23. The molecule has 6 rings (SSSR count). The SMILES string of the molecule is Cc1ccc2c(c1)[C@@]1(N[C@H](Cc3ccc(O)cc3)[C@H]3C(=O)N(CCc4ccccc4)C(=O)[C@@H]31)C(=O)N2. The smallest absolute Gasteiger partial charge is 0.250 e. The molecule has 36 heavy (non-hydrogen) atoms. The van der Waals surface area contributed by atoms with Crippen LogP contribution in [0.5, 0.6) is 5.75 Å². The van der Waals surface area contributed by atoms with Crippen molar-refractivity contribution < 1.29 is 19.5 Å². The Kier molecular flexibility index (Phi) is 5.19. The van der Waals surface area contributed by atoms with E-state index in [1.54, 1.807) is 24.3 Å². The lowest BCUT2D eigenvalue weighted by Gasteiger charge is -2.29. The average molecular weight is 482 g/mol. The molecule has 3 aromatic carbocycles. The Morgan fingerprint density at radius 3 is 2.42 bits per heavy atom. The lowest BCUT2D eigenvalue weighted by Crippen LogP contribution is -2.53. The van der Waals surface area contributed by atoms with E-state index in [9.17, 15) is 19.5 Å². The number of benzene rings is 3. The van der Waals surface area contributed by atoms with Crippen molar-refractivity contribution in [2.75, 3.05) is 11.9 Å². The van der Waals surface area contributed by atoms with Crippen molar-refractivity contribution in [1.29, 1.82) is 0 Å². The third kappa shape index (κ3) is 3.34. The Labute approximate surface area is 209 Å². The molecule has 7 heteroatoms. The van der Waals surface area contributed by atoms with E-state index in [1.807, 2.05) is 55.5 Å². The fourth-order valence-electron chi connectivity index (χ4n) is 6.14. The summed E-state index contributed by atoms with van der Waals surface area (Å²) in [4.78, 5) is 42.7. The van der Waals surface area contributed by atoms with E-state index < -0.39 is 23.4 Å². The van der Waals surface area contributed by atoms with Crippen LogP contribution >= 0.6 is 0 Å². The van der Waals surface area contributed by atoms with Crippen LogP contribution in [-0.4, -0.2) is 40.3 Å². The van der Waals surface area contributed by atoms with E-state index in [4.69, 9.17) is 0 Å². The Morgan fingerprint density at radius 1 is 0.917 bits per heavy atom. The highest BCUT2D eigenvalue weighted by Crippen LogP contribution is 2.53. The number of aromatic hydroxyl groups is 1. The van der Waals surface area contributed by atoms with Crippen molar-refractivity contribution >= 4 is 23.4 Å². The fraction of sp³-hybridized carbons (Fsp3) is 0.276. The van der Waals surface area contributed by atoms with E-state index in [2.05, 4.69) is 10.6 Å². The van der Waals surface area contributed by atoms with Gasteiger partial charge >= 0.3 is 0 Å². The van der Waals surface area contributed by atoms with Crippen molar-refractivity contribution in [3.8, 4) is 5.75 Å². The van der Waals surface area contributed by atoms with Gasteiger partial charge in [-0.05, 0) is 49.1 Å². The molecule has 0 unspecified atom stereocenters. The normalized spacial score (nSPS) is 26.4. The van der Waals surface area contributed by atoms with Crippen LogP contribution in [-0.2, 0) is 32.8 Å². The van der Waals surface area contributed by atoms with E-state index >= 15 is 0 Å². The van der Waals surface area contributed by atoms with Gasteiger partial charge in [-0.25, -0.2) is 0 Å². The van der Waals surface area contributed by atoms with Crippen LogP contribution in [0, 0.1) is 18.8 Å². The summed E-state index contributed by atoms with van der Waals surface area (Å²) in [5.41, 5.74) is 3.02. The highest BCUT2D eigenvalue weighted by Gasteiger charge is 2.70. The van der Waals surface area contributed by atoms with Gasteiger partial charge in [0.1, 0.15) is 11.3 Å². The number of phenols is 1. The van der Waals surface area contributed by atoms with Crippen LogP contribution in [0.25, 0.3) is 0 Å². The van der Waals surface area contributed by atoms with Gasteiger partial charge in [0.15, 0.2) is 0 Å². The molecule has 0 bridgehead atoms. The lowest BCUT2D eigenvalue weighted by molar-refractivity contribution is -0.142. The van der Waals surface area contributed by atoms with Gasteiger partial charge in [-0.1, -0.05) is 60.2 Å². The number of nitrogens with zero attached hydrogens (tertiary/aromatic N) is 1. The number of fused-ring (bicyclic) bond motifs is 4. The highest BCUT2D eigenvalue weighted by molar-refractivity contribution is 6.15. The second kappa shape index (κ2) is 8.31. The molecule has 0 aromatic heterocycles. The number of hydrogen-bond acceptors (Lipinski definition) is 5. The van der Waals surface area contributed by atoms with Gasteiger partial charge in [0, 0.05) is 23.8 Å². The van der Waals surface area contributed by atoms with Crippen LogP contribution < -0.4 is 10.6 Å². The molecule has 2 fully saturated rings. The predicted octanol–water partition coefficient (Wildman–Crippen LogP) is 2.91. The number of anilines is 1. The molecule has 4 atom stereocenters. The molecule has 0 radical (unpaired) electrons. The largest absolute Gasteiger partial charge is 0.508 e. The first-order valence-electron chi connectivity index (χ1n) is 12.3. The molecule has 1 spiro atoms. The minimum absolute atomic E-state index is 0.159. The zero-order valence-electron chi connectivity index (χ0n) is 19.9. The summed E-state index contributed by atoms with van der Waals surface area (Å²) in [5, 5.41) is 16.1. The maximum Gasteiger partial charge on any atom is 0.250 e. The molecule has 3 aromatic rings. The summed E-state index contributed by atoms with van der Waals surface area (Å²) in [6.07, 6.45) is 1.01. The number of rotatable bonds is 5. The molecule has 182 valence electrons. The van der Waals surface area contributed by atoms with Crippen LogP contribution in [0.4, 0.5) is 5.69 Å². The first-order chi connectivity index (χ1) is 17.4. The number of phenolic OH excluding ortho intramolecular Hbond substituents is 1. The summed E-state index contributed by atoms with van der Waals surface area (Å²) in [7, 11) is 0. The molecule has 7 nitrogen and oxygen atoms in total. The van der Waals surface area contributed by atoms with Gasteiger partial charge in [0.25, 0.3) is 0 Å². The Hall–Kier alpha value is -3.97. The van der Waals surface area contributed by atoms with Crippen molar-refractivity contribution in [2.24, 2.45) is 11.8 Å². The number of nitrogens with one attached hydrogen (secondary N) is 2. The van der Waals surface area contributed by atoms with Crippen molar-refractivity contribution in [3.05, 3.63) is 95.1 Å². The zero-order valence-corrected chi connectivity index (χ0v) is 19.9. The molecule has 3 heterocycles. The highest BCUT2D eigenvalue weighted by atomic mass is 16.3. The molecule has 3 aliphatic heterocycles. The Morgan fingerprint density at radius 2 is 1.67 bits per heavy atom. The molecule has 3 N–H and O–H groups in total. The average Bonchev–Trinajstić information content (AvgIpc) is 3.44. The summed E-state index contributed by atoms with van der Waals surface area (Å²) < 4.78 is 0. The van der Waals surface area contributed by atoms with Gasteiger partial charge in [-0.15, -0.1) is 0 Å². The lowest BCUT2D eigenvalue weighted by atomic mass is 9.76. The van der Waals surface area contributed by atoms with Gasteiger partial charge in [-0.3, -0.25) is 24.6 Å². The molecule has 0 saturated carbocycles. The van der Waals surface area contributed by atoms with Crippen LogP contribution in [0.2, 0.25) is 0 Å². The van der Waals surface area contributed by atoms with Crippen molar-refractivity contribution in [1.82, 2.24) is 10.2 Å². The molecule has 3 amide bonds.